The third-order valence-electron chi connectivity index (χ3n) is 7.07. The van der Waals surface area contributed by atoms with Crippen molar-refractivity contribution in [3.8, 4) is 0 Å². The molecular formula is C27H33F4N3O4S2. The number of alkyl halides is 1. The Morgan fingerprint density at radius 2 is 1.80 bits per heavy atom. The van der Waals surface area contributed by atoms with Gasteiger partial charge in [0.25, 0.3) is 15.9 Å². The zero-order valence-electron chi connectivity index (χ0n) is 22.1. The summed E-state index contributed by atoms with van der Waals surface area (Å²) in [6.45, 7) is 2.88. The van der Waals surface area contributed by atoms with Crippen LogP contribution in [0.5, 0.6) is 0 Å². The van der Waals surface area contributed by atoms with Crippen molar-refractivity contribution >= 4 is 33.4 Å². The Labute approximate surface area is 236 Å². The van der Waals surface area contributed by atoms with Gasteiger partial charge in [0.1, 0.15) is 23.3 Å². The molecule has 1 amide bonds. The number of hydrogen-bond acceptors (Lipinski definition) is 7. The fourth-order valence-corrected chi connectivity index (χ4v) is 6.65. The van der Waals surface area contributed by atoms with Gasteiger partial charge in [-0.2, -0.15) is 0 Å². The van der Waals surface area contributed by atoms with Gasteiger partial charge in [0.15, 0.2) is 11.6 Å². The van der Waals surface area contributed by atoms with Gasteiger partial charge in [-0.1, -0.05) is 6.42 Å². The number of amides is 1. The van der Waals surface area contributed by atoms with Crippen molar-refractivity contribution in [2.24, 2.45) is 0 Å². The van der Waals surface area contributed by atoms with Crippen LogP contribution in [0.15, 0.2) is 46.2 Å². The largest absolute Gasteiger partial charge is 0.377 e. The highest BCUT2D eigenvalue weighted by Gasteiger charge is 2.38. The standard InChI is InChI=1S/C27H33F4N3O4S2/c1-27(10-3-2-4-12-38-27)26(35)33-40(36,37)22-13-23(30)25(24(31)14-22)32-20(9-11-34-15-19(29)16-34)17-39-21-7-5-18(28)6-8-21/h5-8,13-14,19-20,32H,2-4,9-12,15-17H2,1H3,(H,33,35)/t20-,27+/m1/s1. The van der Waals surface area contributed by atoms with E-state index in [4.69, 9.17) is 4.74 Å². The third kappa shape index (κ3) is 7.89. The Bertz CT molecular complexity index is 1260. The molecule has 0 aliphatic carbocycles. The quantitative estimate of drug-likeness (QED) is 0.280. The molecule has 2 aromatic carbocycles. The summed E-state index contributed by atoms with van der Waals surface area (Å²) in [6.07, 6.45) is 2.13. The number of halogens is 4. The smallest absolute Gasteiger partial charge is 0.265 e. The van der Waals surface area contributed by atoms with Crippen LogP contribution in [-0.4, -0.2) is 69.0 Å². The summed E-state index contributed by atoms with van der Waals surface area (Å²) < 4.78 is 90.0. The molecule has 7 nitrogen and oxygen atoms in total. The Hall–Kier alpha value is -2.35. The Balaban J connectivity index is 1.47. The van der Waals surface area contributed by atoms with E-state index in [0.717, 1.165) is 17.7 Å². The number of sulfonamides is 1. The lowest BCUT2D eigenvalue weighted by molar-refractivity contribution is -0.142. The van der Waals surface area contributed by atoms with Gasteiger partial charge in [-0.05, 0) is 69.0 Å². The van der Waals surface area contributed by atoms with E-state index < -0.39 is 56.0 Å². The molecule has 2 atom stereocenters. The van der Waals surface area contributed by atoms with Crippen LogP contribution in [0, 0.1) is 17.5 Å². The van der Waals surface area contributed by atoms with Gasteiger partial charge in [-0.15, -0.1) is 11.8 Å². The summed E-state index contributed by atoms with van der Waals surface area (Å²) in [4.78, 5) is 14.7. The molecule has 0 bridgehead atoms. The summed E-state index contributed by atoms with van der Waals surface area (Å²) in [5, 5.41) is 2.83. The first kappa shape index (κ1) is 30.6. The van der Waals surface area contributed by atoms with Crippen LogP contribution in [0.1, 0.15) is 39.0 Å². The fraction of sp³-hybridized carbons (Fsp3) is 0.519. The van der Waals surface area contributed by atoms with E-state index in [1.165, 1.54) is 30.8 Å². The molecule has 2 N–H and O–H groups in total. The minimum atomic E-state index is -4.59. The van der Waals surface area contributed by atoms with Crippen LogP contribution in [0.2, 0.25) is 0 Å². The summed E-state index contributed by atoms with van der Waals surface area (Å²) in [7, 11) is -4.59. The molecule has 2 fully saturated rings. The predicted octanol–water partition coefficient (Wildman–Crippen LogP) is 4.87. The maximum Gasteiger partial charge on any atom is 0.265 e. The number of carbonyl (C=O) groups excluding carboxylic acids is 1. The van der Waals surface area contributed by atoms with Crippen LogP contribution >= 0.6 is 11.8 Å². The average Bonchev–Trinajstić information content (AvgIpc) is 3.12. The summed E-state index contributed by atoms with van der Waals surface area (Å²) >= 11 is 1.35. The van der Waals surface area contributed by atoms with Gasteiger partial charge < -0.3 is 10.1 Å². The molecule has 0 saturated carbocycles. The van der Waals surface area contributed by atoms with Gasteiger partial charge >= 0.3 is 0 Å². The molecule has 0 unspecified atom stereocenters. The van der Waals surface area contributed by atoms with Gasteiger partial charge in [0.05, 0.1) is 4.90 Å². The molecular weight excluding hydrogens is 570 g/mol. The van der Waals surface area contributed by atoms with E-state index in [1.807, 2.05) is 9.62 Å². The molecule has 2 heterocycles. The van der Waals surface area contributed by atoms with Crippen molar-refractivity contribution in [2.75, 3.05) is 37.3 Å². The first-order chi connectivity index (χ1) is 18.9. The second kappa shape index (κ2) is 13.1. The van der Waals surface area contributed by atoms with Crippen LogP contribution < -0.4 is 10.0 Å². The van der Waals surface area contributed by atoms with E-state index in [0.29, 0.717) is 63.4 Å². The zero-order chi connectivity index (χ0) is 28.9. The highest BCUT2D eigenvalue weighted by molar-refractivity contribution is 7.99. The Kier molecular flexibility index (Phi) is 10.0. The van der Waals surface area contributed by atoms with Gasteiger partial charge in [0, 0.05) is 42.9 Å². The summed E-state index contributed by atoms with van der Waals surface area (Å²) in [6, 6.07) is 6.64. The number of carbonyl (C=O) groups is 1. The van der Waals surface area contributed by atoms with Crippen molar-refractivity contribution in [3.63, 3.8) is 0 Å². The fourth-order valence-electron chi connectivity index (χ4n) is 4.58. The molecule has 0 radical (unpaired) electrons. The Morgan fingerprint density at radius 1 is 1.12 bits per heavy atom. The number of ether oxygens (including phenoxy) is 1. The second-order valence-corrected chi connectivity index (χ2v) is 13.1. The lowest BCUT2D eigenvalue weighted by Gasteiger charge is -2.35. The summed E-state index contributed by atoms with van der Waals surface area (Å²) in [5.74, 6) is -3.21. The van der Waals surface area contributed by atoms with E-state index in [2.05, 4.69) is 5.32 Å². The molecule has 2 aliphatic rings. The van der Waals surface area contributed by atoms with Gasteiger partial charge in [0.2, 0.25) is 0 Å². The number of likely N-dealkylation sites (tertiary alicyclic amines) is 1. The van der Waals surface area contributed by atoms with Gasteiger partial charge in [-0.25, -0.2) is 30.7 Å². The lowest BCUT2D eigenvalue weighted by Crippen LogP contribution is -2.49. The lowest BCUT2D eigenvalue weighted by atomic mass is 9.99. The maximum absolute atomic E-state index is 15.1. The highest BCUT2D eigenvalue weighted by Crippen LogP contribution is 2.29. The molecule has 0 spiro atoms. The first-order valence-corrected chi connectivity index (χ1v) is 15.6. The minimum absolute atomic E-state index is 0.295. The van der Waals surface area contributed by atoms with E-state index in [1.54, 1.807) is 12.1 Å². The van der Waals surface area contributed by atoms with Crippen molar-refractivity contribution in [1.82, 2.24) is 9.62 Å². The second-order valence-electron chi connectivity index (χ2n) is 10.3. The van der Waals surface area contributed by atoms with Crippen molar-refractivity contribution in [2.45, 2.75) is 66.6 Å². The van der Waals surface area contributed by atoms with Crippen LogP contribution in [0.3, 0.4) is 0 Å². The van der Waals surface area contributed by atoms with E-state index >= 15 is 8.78 Å². The number of nitrogens with one attached hydrogen (secondary N) is 2. The minimum Gasteiger partial charge on any atom is -0.377 e. The Morgan fingerprint density at radius 3 is 2.45 bits per heavy atom. The van der Waals surface area contributed by atoms with Gasteiger partial charge in [-0.3, -0.25) is 9.69 Å². The SMILES string of the molecule is C[C@@]1(C(=O)NS(=O)(=O)c2cc(F)c(N[C@H](CCN3CC(F)C3)CSc3ccc(F)cc3)c(F)c2)CCCCCO1. The number of nitrogens with zero attached hydrogens (tertiary/aromatic N) is 1. The number of hydrogen-bond donors (Lipinski definition) is 2. The van der Waals surface area contributed by atoms with Crippen molar-refractivity contribution in [3.05, 3.63) is 53.8 Å². The normalized spacial score (nSPS) is 21.3. The van der Waals surface area contributed by atoms with Crippen molar-refractivity contribution < 1.29 is 35.5 Å². The maximum atomic E-state index is 15.1. The zero-order valence-corrected chi connectivity index (χ0v) is 23.7. The average molecular weight is 604 g/mol. The van der Waals surface area contributed by atoms with Crippen LogP contribution in [-0.2, 0) is 19.6 Å². The monoisotopic (exact) mass is 603 g/mol. The van der Waals surface area contributed by atoms with Crippen molar-refractivity contribution in [1.29, 1.82) is 0 Å². The number of rotatable bonds is 11. The molecule has 220 valence electrons. The first-order valence-electron chi connectivity index (χ1n) is 13.2. The molecule has 13 heteroatoms. The highest BCUT2D eigenvalue weighted by atomic mass is 32.2. The van der Waals surface area contributed by atoms with E-state index in [9.17, 15) is 22.0 Å². The third-order valence-corrected chi connectivity index (χ3v) is 9.56. The summed E-state index contributed by atoms with van der Waals surface area (Å²) in [5.41, 5.74) is -1.88. The topological polar surface area (TPSA) is 87.7 Å². The predicted molar refractivity (Wildman–Crippen MR) is 145 cm³/mol. The molecule has 2 aliphatic heterocycles. The molecule has 4 rings (SSSR count). The molecule has 2 saturated heterocycles. The number of benzene rings is 2. The van der Waals surface area contributed by atoms with Crippen LogP contribution in [0.4, 0.5) is 23.2 Å². The number of thioether (sulfide) groups is 1. The van der Waals surface area contributed by atoms with E-state index in [-0.39, 0.29) is 5.82 Å². The molecule has 40 heavy (non-hydrogen) atoms. The molecule has 0 aromatic heterocycles. The van der Waals surface area contributed by atoms with Crippen LogP contribution in [0.25, 0.3) is 0 Å². The number of anilines is 1. The molecule has 2 aromatic rings.